The number of aliphatic hydroxyl groups excluding tert-OH is 1. The van der Waals surface area contributed by atoms with Crippen LogP contribution in [0.5, 0.6) is 5.75 Å². The summed E-state index contributed by atoms with van der Waals surface area (Å²) in [4.78, 5) is 12.3. The summed E-state index contributed by atoms with van der Waals surface area (Å²) >= 11 is 0. The van der Waals surface area contributed by atoms with Gasteiger partial charge in [-0.3, -0.25) is 4.79 Å². The van der Waals surface area contributed by atoms with Gasteiger partial charge in [0.1, 0.15) is 5.75 Å². The van der Waals surface area contributed by atoms with Crippen LogP contribution in [-0.4, -0.2) is 17.6 Å². The first-order chi connectivity index (χ1) is 11.1. The standard InChI is InChI=1S/C19H23NO3/c1-3-23-18-10-9-17(12-16(18)13-21)20-19(22)14(2)11-15-7-5-4-6-8-15/h4-10,12,14,21H,3,11,13H2,1-2H3,(H,20,22). The summed E-state index contributed by atoms with van der Waals surface area (Å²) in [5, 5.41) is 12.3. The molecule has 2 aromatic carbocycles. The van der Waals surface area contributed by atoms with Crippen molar-refractivity contribution in [3.05, 3.63) is 59.7 Å². The van der Waals surface area contributed by atoms with Crippen LogP contribution in [0.1, 0.15) is 25.0 Å². The highest BCUT2D eigenvalue weighted by atomic mass is 16.5. The van der Waals surface area contributed by atoms with Gasteiger partial charge in [0.2, 0.25) is 5.91 Å². The molecule has 0 bridgehead atoms. The summed E-state index contributed by atoms with van der Waals surface area (Å²) < 4.78 is 5.44. The minimum atomic E-state index is -0.137. The number of ether oxygens (including phenoxy) is 1. The zero-order valence-electron chi connectivity index (χ0n) is 13.6. The van der Waals surface area contributed by atoms with Crippen LogP contribution in [0.2, 0.25) is 0 Å². The highest BCUT2D eigenvalue weighted by molar-refractivity contribution is 5.92. The summed E-state index contributed by atoms with van der Waals surface area (Å²) in [6.45, 7) is 4.21. The van der Waals surface area contributed by atoms with E-state index in [1.165, 1.54) is 0 Å². The first-order valence-corrected chi connectivity index (χ1v) is 7.85. The predicted octanol–water partition coefficient (Wildman–Crippen LogP) is 3.39. The van der Waals surface area contributed by atoms with Crippen LogP contribution < -0.4 is 10.1 Å². The molecule has 0 aliphatic rings. The second-order valence-electron chi connectivity index (χ2n) is 5.49. The number of amides is 1. The fraction of sp³-hybridized carbons (Fsp3) is 0.316. The number of anilines is 1. The van der Waals surface area contributed by atoms with Gasteiger partial charge in [-0.25, -0.2) is 0 Å². The summed E-state index contributed by atoms with van der Waals surface area (Å²) in [7, 11) is 0. The van der Waals surface area contributed by atoms with Crippen LogP contribution in [0, 0.1) is 5.92 Å². The lowest BCUT2D eigenvalue weighted by Crippen LogP contribution is -2.22. The molecule has 1 amide bonds. The molecule has 4 nitrogen and oxygen atoms in total. The van der Waals surface area contributed by atoms with Crippen molar-refractivity contribution in [2.24, 2.45) is 5.92 Å². The van der Waals surface area contributed by atoms with Crippen LogP contribution in [0.15, 0.2) is 48.5 Å². The van der Waals surface area contributed by atoms with E-state index in [1.807, 2.05) is 44.2 Å². The molecule has 0 heterocycles. The van der Waals surface area contributed by atoms with Gasteiger partial charge in [0.25, 0.3) is 0 Å². The number of nitrogens with one attached hydrogen (secondary N) is 1. The summed E-state index contributed by atoms with van der Waals surface area (Å²) in [5.41, 5.74) is 2.47. The Kier molecular flexibility index (Phi) is 6.18. The first-order valence-electron chi connectivity index (χ1n) is 7.85. The Bertz CT molecular complexity index is 640. The predicted molar refractivity (Wildman–Crippen MR) is 91.5 cm³/mol. The number of hydrogen-bond acceptors (Lipinski definition) is 3. The molecule has 0 saturated carbocycles. The van der Waals surface area contributed by atoms with Gasteiger partial charge in [-0.15, -0.1) is 0 Å². The van der Waals surface area contributed by atoms with E-state index < -0.39 is 0 Å². The number of carbonyl (C=O) groups is 1. The molecule has 122 valence electrons. The SMILES string of the molecule is CCOc1ccc(NC(=O)C(C)Cc2ccccc2)cc1CO. The van der Waals surface area contributed by atoms with Crippen LogP contribution >= 0.6 is 0 Å². The van der Waals surface area contributed by atoms with Gasteiger partial charge in [0, 0.05) is 17.2 Å². The molecule has 0 radical (unpaired) electrons. The molecule has 0 spiro atoms. The average molecular weight is 313 g/mol. The molecule has 2 aromatic rings. The molecule has 0 fully saturated rings. The van der Waals surface area contributed by atoms with Crippen LogP contribution in [0.3, 0.4) is 0 Å². The summed E-state index contributed by atoms with van der Waals surface area (Å²) in [6, 6.07) is 15.3. The summed E-state index contributed by atoms with van der Waals surface area (Å²) in [6.07, 6.45) is 0.691. The van der Waals surface area contributed by atoms with Crippen LogP contribution in [0.4, 0.5) is 5.69 Å². The molecular formula is C19H23NO3. The Labute approximate surface area is 137 Å². The van der Waals surface area contributed by atoms with Gasteiger partial charge in [-0.05, 0) is 37.1 Å². The highest BCUT2D eigenvalue weighted by Gasteiger charge is 2.14. The van der Waals surface area contributed by atoms with Crippen molar-refractivity contribution >= 4 is 11.6 Å². The lowest BCUT2D eigenvalue weighted by molar-refractivity contribution is -0.119. The van der Waals surface area contributed by atoms with Crippen molar-refractivity contribution in [1.29, 1.82) is 0 Å². The average Bonchev–Trinajstić information content (AvgIpc) is 2.57. The van der Waals surface area contributed by atoms with Gasteiger partial charge < -0.3 is 15.2 Å². The number of aliphatic hydroxyl groups is 1. The quantitative estimate of drug-likeness (QED) is 0.823. The van der Waals surface area contributed by atoms with Crippen molar-refractivity contribution in [2.45, 2.75) is 26.9 Å². The fourth-order valence-electron chi connectivity index (χ4n) is 2.40. The van der Waals surface area contributed by atoms with E-state index in [0.29, 0.717) is 30.0 Å². The lowest BCUT2D eigenvalue weighted by atomic mass is 10.0. The highest BCUT2D eigenvalue weighted by Crippen LogP contribution is 2.23. The number of carbonyl (C=O) groups excluding carboxylic acids is 1. The molecule has 0 saturated heterocycles. The van der Waals surface area contributed by atoms with E-state index in [9.17, 15) is 9.90 Å². The molecule has 0 aromatic heterocycles. The van der Waals surface area contributed by atoms with Gasteiger partial charge in [-0.2, -0.15) is 0 Å². The van der Waals surface area contributed by atoms with Crippen molar-refractivity contribution in [3.63, 3.8) is 0 Å². The molecule has 23 heavy (non-hydrogen) atoms. The maximum Gasteiger partial charge on any atom is 0.227 e. The molecule has 2 rings (SSSR count). The minimum absolute atomic E-state index is 0.0399. The monoisotopic (exact) mass is 313 g/mol. The molecule has 2 N–H and O–H groups in total. The Hall–Kier alpha value is -2.33. The normalized spacial score (nSPS) is 11.8. The van der Waals surface area contributed by atoms with Crippen molar-refractivity contribution in [3.8, 4) is 5.75 Å². The van der Waals surface area contributed by atoms with Crippen molar-refractivity contribution in [2.75, 3.05) is 11.9 Å². The fourth-order valence-corrected chi connectivity index (χ4v) is 2.40. The zero-order chi connectivity index (χ0) is 16.7. The maximum atomic E-state index is 12.3. The third kappa shape index (κ3) is 4.83. The van der Waals surface area contributed by atoms with Crippen molar-refractivity contribution < 1.29 is 14.6 Å². The smallest absolute Gasteiger partial charge is 0.227 e. The lowest BCUT2D eigenvalue weighted by Gasteiger charge is -2.14. The van der Waals surface area contributed by atoms with E-state index in [4.69, 9.17) is 4.74 Å². The number of rotatable bonds is 7. The number of hydrogen-bond donors (Lipinski definition) is 2. The van der Waals surface area contributed by atoms with E-state index in [2.05, 4.69) is 5.32 Å². The molecule has 1 unspecified atom stereocenters. The molecule has 0 aliphatic heterocycles. The minimum Gasteiger partial charge on any atom is -0.494 e. The topological polar surface area (TPSA) is 58.6 Å². The van der Waals surface area contributed by atoms with Gasteiger partial charge >= 0.3 is 0 Å². The van der Waals surface area contributed by atoms with Gasteiger partial charge in [-0.1, -0.05) is 37.3 Å². The first kappa shape index (κ1) is 17.0. The van der Waals surface area contributed by atoms with E-state index in [1.54, 1.807) is 18.2 Å². The van der Waals surface area contributed by atoms with Gasteiger partial charge in [0.15, 0.2) is 0 Å². The largest absolute Gasteiger partial charge is 0.494 e. The van der Waals surface area contributed by atoms with Crippen molar-refractivity contribution in [1.82, 2.24) is 0 Å². The number of benzene rings is 2. The Balaban J connectivity index is 2.01. The second kappa shape index (κ2) is 8.34. The molecular weight excluding hydrogens is 290 g/mol. The molecule has 4 heteroatoms. The Morgan fingerprint density at radius 2 is 1.96 bits per heavy atom. The zero-order valence-corrected chi connectivity index (χ0v) is 13.6. The Morgan fingerprint density at radius 1 is 1.22 bits per heavy atom. The van der Waals surface area contributed by atoms with Crippen LogP contribution in [-0.2, 0) is 17.8 Å². The maximum absolute atomic E-state index is 12.3. The molecule has 0 aliphatic carbocycles. The summed E-state index contributed by atoms with van der Waals surface area (Å²) in [5.74, 6) is 0.466. The van der Waals surface area contributed by atoms with Gasteiger partial charge in [0.05, 0.1) is 13.2 Å². The third-order valence-electron chi connectivity index (χ3n) is 3.63. The van der Waals surface area contributed by atoms with E-state index in [-0.39, 0.29) is 18.4 Å². The Morgan fingerprint density at radius 3 is 2.61 bits per heavy atom. The van der Waals surface area contributed by atoms with Crippen LogP contribution in [0.25, 0.3) is 0 Å². The molecule has 1 atom stereocenters. The van der Waals surface area contributed by atoms with E-state index in [0.717, 1.165) is 5.56 Å². The third-order valence-corrected chi connectivity index (χ3v) is 3.63. The van der Waals surface area contributed by atoms with E-state index >= 15 is 0 Å². The second-order valence-corrected chi connectivity index (χ2v) is 5.49.